The van der Waals surface area contributed by atoms with Crippen LogP contribution in [0, 0.1) is 6.92 Å². The van der Waals surface area contributed by atoms with Crippen molar-refractivity contribution in [2.75, 3.05) is 0 Å². The van der Waals surface area contributed by atoms with E-state index in [1.54, 1.807) is 6.07 Å². The average molecular weight is 405 g/mol. The lowest BCUT2D eigenvalue weighted by atomic mass is 9.95. The molecule has 130 valence electrons. The van der Waals surface area contributed by atoms with Crippen LogP contribution in [0.3, 0.4) is 0 Å². The second-order valence-electron chi connectivity index (χ2n) is 6.13. The zero-order valence-electron chi connectivity index (χ0n) is 14.1. The van der Waals surface area contributed by atoms with Crippen molar-refractivity contribution >= 4 is 32.9 Å². The molecule has 0 bridgehead atoms. The van der Waals surface area contributed by atoms with Gasteiger partial charge in [0.1, 0.15) is 12.2 Å². The molecule has 0 aliphatic carbocycles. The fourth-order valence-electron chi connectivity index (χ4n) is 2.77. The zero-order chi connectivity index (χ0) is 18.1. The molecule has 5 nitrogen and oxygen atoms in total. The molecule has 3 rings (SSSR count). The first-order chi connectivity index (χ1) is 11.8. The van der Waals surface area contributed by atoms with E-state index in [1.165, 1.54) is 12.1 Å². The summed E-state index contributed by atoms with van der Waals surface area (Å²) in [4.78, 5) is 23.9. The van der Waals surface area contributed by atoms with E-state index in [0.29, 0.717) is 21.7 Å². The van der Waals surface area contributed by atoms with Crippen LogP contribution in [0.4, 0.5) is 0 Å². The van der Waals surface area contributed by atoms with Gasteiger partial charge in [-0.25, -0.2) is 9.59 Å². The van der Waals surface area contributed by atoms with Gasteiger partial charge in [0.05, 0.1) is 0 Å². The Morgan fingerprint density at radius 3 is 2.60 bits per heavy atom. The number of halogens is 1. The zero-order valence-corrected chi connectivity index (χ0v) is 15.7. The number of benzene rings is 1. The lowest BCUT2D eigenvalue weighted by molar-refractivity contribution is 0.0435. The highest BCUT2D eigenvalue weighted by Gasteiger charge is 2.15. The summed E-state index contributed by atoms with van der Waals surface area (Å²) < 4.78 is 16.2. The highest BCUT2D eigenvalue weighted by atomic mass is 79.9. The SMILES string of the molecule is Cc1cc2oc(=O)cc(COC(=O)c3ccc(Br)o3)c2cc1C(C)C. The second kappa shape index (κ2) is 6.88. The Balaban J connectivity index is 1.96. The van der Waals surface area contributed by atoms with Gasteiger partial charge in [0.25, 0.3) is 0 Å². The van der Waals surface area contributed by atoms with E-state index in [-0.39, 0.29) is 12.4 Å². The lowest BCUT2D eigenvalue weighted by Gasteiger charge is -2.13. The van der Waals surface area contributed by atoms with Crippen LogP contribution in [0.15, 0.2) is 48.6 Å². The number of fused-ring (bicyclic) bond motifs is 1. The summed E-state index contributed by atoms with van der Waals surface area (Å²) >= 11 is 3.14. The molecule has 1 aromatic carbocycles. The van der Waals surface area contributed by atoms with Crippen LogP contribution < -0.4 is 5.63 Å². The van der Waals surface area contributed by atoms with E-state index < -0.39 is 11.6 Å². The summed E-state index contributed by atoms with van der Waals surface area (Å²) in [7, 11) is 0. The number of hydrogen-bond acceptors (Lipinski definition) is 5. The maximum atomic E-state index is 12.0. The molecular formula is C19H17BrO5. The van der Waals surface area contributed by atoms with Crippen molar-refractivity contribution in [2.24, 2.45) is 0 Å². The fraction of sp³-hybridized carbons (Fsp3) is 0.263. The van der Waals surface area contributed by atoms with E-state index in [4.69, 9.17) is 13.6 Å². The predicted octanol–water partition coefficient (Wildman–Crippen LogP) is 4.94. The van der Waals surface area contributed by atoms with Gasteiger partial charge in [0.15, 0.2) is 4.67 Å². The van der Waals surface area contributed by atoms with Gasteiger partial charge < -0.3 is 13.6 Å². The van der Waals surface area contributed by atoms with Gasteiger partial charge in [-0.3, -0.25) is 0 Å². The number of esters is 1. The van der Waals surface area contributed by atoms with Gasteiger partial charge in [-0.05, 0) is 64.2 Å². The van der Waals surface area contributed by atoms with E-state index in [2.05, 4.69) is 29.8 Å². The predicted molar refractivity (Wildman–Crippen MR) is 96.8 cm³/mol. The average Bonchev–Trinajstić information content (AvgIpc) is 2.97. The largest absolute Gasteiger partial charge is 0.455 e. The molecule has 2 heterocycles. The summed E-state index contributed by atoms with van der Waals surface area (Å²) in [5.41, 5.74) is 2.83. The second-order valence-corrected chi connectivity index (χ2v) is 6.91. The van der Waals surface area contributed by atoms with E-state index >= 15 is 0 Å². The van der Waals surface area contributed by atoms with Crippen molar-refractivity contribution in [3.8, 4) is 0 Å². The number of ether oxygens (including phenoxy) is 1. The third kappa shape index (κ3) is 3.69. The van der Waals surface area contributed by atoms with E-state index in [1.807, 2.05) is 19.1 Å². The van der Waals surface area contributed by atoms with Crippen LogP contribution in [-0.2, 0) is 11.3 Å². The number of rotatable bonds is 4. The molecule has 6 heteroatoms. The van der Waals surface area contributed by atoms with Crippen molar-refractivity contribution in [2.45, 2.75) is 33.3 Å². The highest BCUT2D eigenvalue weighted by Crippen LogP contribution is 2.27. The standard InChI is InChI=1S/C19H17BrO5/c1-10(2)13-8-14-12(7-18(21)25-16(14)6-11(13)3)9-23-19(22)15-4-5-17(20)24-15/h4-8,10H,9H2,1-3H3. The number of aryl methyl sites for hydroxylation is 1. The number of hydrogen-bond donors (Lipinski definition) is 0. The van der Waals surface area contributed by atoms with Gasteiger partial charge in [0, 0.05) is 17.0 Å². The first-order valence-corrected chi connectivity index (χ1v) is 8.64. The molecular weight excluding hydrogens is 388 g/mol. The molecule has 3 aromatic rings. The minimum Gasteiger partial charge on any atom is -0.455 e. The van der Waals surface area contributed by atoms with Crippen LogP contribution in [0.2, 0.25) is 0 Å². The van der Waals surface area contributed by atoms with Gasteiger partial charge in [-0.15, -0.1) is 0 Å². The Labute approximate surface area is 152 Å². The summed E-state index contributed by atoms with van der Waals surface area (Å²) in [5, 5.41) is 0.766. The van der Waals surface area contributed by atoms with Crippen LogP contribution >= 0.6 is 15.9 Å². The summed E-state index contributed by atoms with van der Waals surface area (Å²) in [6, 6.07) is 8.32. The van der Waals surface area contributed by atoms with Crippen molar-refractivity contribution in [3.05, 3.63) is 67.9 Å². The van der Waals surface area contributed by atoms with Crippen molar-refractivity contribution in [3.63, 3.8) is 0 Å². The van der Waals surface area contributed by atoms with Crippen molar-refractivity contribution in [1.29, 1.82) is 0 Å². The van der Waals surface area contributed by atoms with E-state index in [0.717, 1.165) is 16.5 Å². The quantitative estimate of drug-likeness (QED) is 0.454. The molecule has 25 heavy (non-hydrogen) atoms. The molecule has 0 unspecified atom stereocenters. The molecule has 0 saturated heterocycles. The van der Waals surface area contributed by atoms with Crippen LogP contribution in [0.5, 0.6) is 0 Å². The molecule has 0 spiro atoms. The Morgan fingerprint density at radius 1 is 1.20 bits per heavy atom. The summed E-state index contributed by atoms with van der Waals surface area (Å²) in [6.45, 7) is 6.14. The number of carbonyl (C=O) groups is 1. The molecule has 0 N–H and O–H groups in total. The number of furan rings is 1. The third-order valence-corrected chi connectivity index (χ3v) is 4.40. The maximum Gasteiger partial charge on any atom is 0.374 e. The Bertz CT molecular complexity index is 997. The van der Waals surface area contributed by atoms with Crippen molar-refractivity contribution in [1.82, 2.24) is 0 Å². The topological polar surface area (TPSA) is 69.7 Å². The minimum absolute atomic E-state index is 0.0418. The molecule has 0 saturated carbocycles. The summed E-state index contributed by atoms with van der Waals surface area (Å²) in [5.74, 6) is -0.173. The monoisotopic (exact) mass is 404 g/mol. The number of carbonyl (C=O) groups excluding carboxylic acids is 1. The van der Waals surface area contributed by atoms with Crippen LogP contribution in [0.25, 0.3) is 11.0 Å². The first-order valence-electron chi connectivity index (χ1n) is 7.85. The molecule has 0 fully saturated rings. The van der Waals surface area contributed by atoms with Gasteiger partial charge in [-0.1, -0.05) is 13.8 Å². The Kier molecular flexibility index (Phi) is 4.81. The molecule has 2 aromatic heterocycles. The molecule has 0 amide bonds. The van der Waals surface area contributed by atoms with Gasteiger partial charge in [0.2, 0.25) is 5.76 Å². The van der Waals surface area contributed by atoms with Gasteiger partial charge in [-0.2, -0.15) is 0 Å². The van der Waals surface area contributed by atoms with Crippen LogP contribution in [-0.4, -0.2) is 5.97 Å². The minimum atomic E-state index is -0.594. The molecule has 0 radical (unpaired) electrons. The fourth-order valence-corrected chi connectivity index (χ4v) is 3.08. The van der Waals surface area contributed by atoms with Gasteiger partial charge >= 0.3 is 11.6 Å². The third-order valence-electron chi connectivity index (χ3n) is 3.97. The first kappa shape index (κ1) is 17.5. The Morgan fingerprint density at radius 2 is 1.96 bits per heavy atom. The Hall–Kier alpha value is -2.34. The molecule has 0 aliphatic rings. The maximum absolute atomic E-state index is 12.0. The van der Waals surface area contributed by atoms with Crippen molar-refractivity contribution < 1.29 is 18.4 Å². The van der Waals surface area contributed by atoms with Crippen LogP contribution in [0.1, 0.15) is 47.0 Å². The highest BCUT2D eigenvalue weighted by molar-refractivity contribution is 9.10. The van der Waals surface area contributed by atoms with E-state index in [9.17, 15) is 9.59 Å². The normalized spacial score (nSPS) is 11.2. The molecule has 0 aliphatic heterocycles. The summed E-state index contributed by atoms with van der Waals surface area (Å²) in [6.07, 6.45) is 0. The molecule has 0 atom stereocenters. The smallest absolute Gasteiger partial charge is 0.374 e. The lowest BCUT2D eigenvalue weighted by Crippen LogP contribution is -2.08.